The Morgan fingerprint density at radius 3 is 2.55 bits per heavy atom. The highest BCUT2D eigenvalue weighted by atomic mass is 35.5. The quantitative estimate of drug-likeness (QED) is 0.346. The van der Waals surface area contributed by atoms with Gasteiger partial charge in [-0.25, -0.2) is 14.8 Å². The summed E-state index contributed by atoms with van der Waals surface area (Å²) in [7, 11) is 1.31. The number of carbonyl (C=O) groups is 2. The predicted molar refractivity (Wildman–Crippen MR) is 114 cm³/mol. The molecule has 0 saturated carbocycles. The molecule has 0 atom stereocenters. The van der Waals surface area contributed by atoms with Crippen molar-refractivity contribution in [3.8, 4) is 0 Å². The predicted octanol–water partition coefficient (Wildman–Crippen LogP) is 4.77. The van der Waals surface area contributed by atoms with E-state index in [1.807, 2.05) is 31.2 Å². The zero-order chi connectivity index (χ0) is 20.8. The maximum atomic E-state index is 12.6. The van der Waals surface area contributed by atoms with E-state index < -0.39 is 11.9 Å². The van der Waals surface area contributed by atoms with Gasteiger partial charge in [0.05, 0.1) is 23.9 Å². The summed E-state index contributed by atoms with van der Waals surface area (Å²) in [5.74, 6) is -0.220. The number of rotatable bonds is 6. The van der Waals surface area contributed by atoms with Crippen LogP contribution in [0.2, 0.25) is 5.02 Å². The minimum atomic E-state index is -0.457. The first-order chi connectivity index (χ1) is 14.0. The number of thioether (sulfide) groups is 1. The van der Waals surface area contributed by atoms with Crippen LogP contribution < -0.4 is 5.32 Å². The minimum Gasteiger partial charge on any atom is -0.465 e. The second-order valence-electron chi connectivity index (χ2n) is 6.09. The van der Waals surface area contributed by atoms with E-state index in [0.29, 0.717) is 22.2 Å². The summed E-state index contributed by atoms with van der Waals surface area (Å²) in [6.07, 6.45) is 1.42. The van der Waals surface area contributed by atoms with Crippen LogP contribution in [0.1, 0.15) is 32.0 Å². The minimum absolute atomic E-state index is 0.0889. The van der Waals surface area contributed by atoms with Gasteiger partial charge in [0, 0.05) is 11.4 Å². The number of nitrogens with one attached hydrogen (secondary N) is 1. The Balaban J connectivity index is 1.71. The number of hydrogen-bond acceptors (Lipinski definition) is 6. The number of carbonyl (C=O) groups excluding carboxylic acids is 2. The van der Waals surface area contributed by atoms with Gasteiger partial charge >= 0.3 is 5.97 Å². The zero-order valence-corrected chi connectivity index (χ0v) is 17.4. The number of aryl methyl sites for hydroxylation is 1. The molecule has 3 rings (SSSR count). The molecule has 8 heteroatoms. The number of hydrogen-bond donors (Lipinski definition) is 1. The van der Waals surface area contributed by atoms with Crippen LogP contribution in [0.3, 0.4) is 0 Å². The van der Waals surface area contributed by atoms with Gasteiger partial charge in [0.2, 0.25) is 0 Å². The van der Waals surface area contributed by atoms with Gasteiger partial charge in [0.1, 0.15) is 0 Å². The fourth-order valence-corrected chi connectivity index (χ4v) is 3.56. The number of ether oxygens (including phenoxy) is 1. The number of benzene rings is 2. The van der Waals surface area contributed by atoms with Gasteiger partial charge in [0.15, 0.2) is 10.9 Å². The molecule has 29 heavy (non-hydrogen) atoms. The molecule has 0 aliphatic heterocycles. The molecule has 1 aromatic heterocycles. The third-order valence-corrected chi connectivity index (χ3v) is 5.31. The number of aromatic nitrogens is 2. The number of halogens is 1. The Labute approximate surface area is 177 Å². The van der Waals surface area contributed by atoms with E-state index in [1.165, 1.54) is 36.2 Å². The van der Waals surface area contributed by atoms with Crippen molar-refractivity contribution in [2.24, 2.45) is 0 Å². The Kier molecular flexibility index (Phi) is 6.85. The molecule has 0 spiro atoms. The molecule has 0 unspecified atom stereocenters. The van der Waals surface area contributed by atoms with Gasteiger partial charge in [-0.3, -0.25) is 4.79 Å². The van der Waals surface area contributed by atoms with E-state index in [0.717, 1.165) is 0 Å². The van der Waals surface area contributed by atoms with E-state index in [9.17, 15) is 9.59 Å². The van der Waals surface area contributed by atoms with E-state index in [-0.39, 0.29) is 10.7 Å². The van der Waals surface area contributed by atoms with E-state index >= 15 is 0 Å². The van der Waals surface area contributed by atoms with Crippen molar-refractivity contribution < 1.29 is 14.3 Å². The summed E-state index contributed by atoms with van der Waals surface area (Å²) in [5, 5.41) is 3.34. The van der Waals surface area contributed by atoms with Crippen LogP contribution >= 0.6 is 23.4 Å². The molecule has 1 heterocycles. The molecule has 6 nitrogen and oxygen atoms in total. The van der Waals surface area contributed by atoms with Gasteiger partial charge in [-0.05, 0) is 42.3 Å². The van der Waals surface area contributed by atoms with Crippen LogP contribution in [0.25, 0.3) is 0 Å². The third kappa shape index (κ3) is 5.34. The first-order valence-electron chi connectivity index (χ1n) is 8.67. The second kappa shape index (κ2) is 9.54. The lowest BCUT2D eigenvalue weighted by Crippen LogP contribution is -2.15. The fraction of sp³-hybridized carbons (Fsp3) is 0.143. The van der Waals surface area contributed by atoms with Crippen molar-refractivity contribution in [1.82, 2.24) is 9.97 Å². The number of amides is 1. The van der Waals surface area contributed by atoms with Gasteiger partial charge in [0.25, 0.3) is 5.91 Å². The third-order valence-electron chi connectivity index (χ3n) is 4.12. The number of nitrogens with zero attached hydrogens (tertiary/aromatic N) is 2. The maximum absolute atomic E-state index is 12.6. The zero-order valence-electron chi connectivity index (χ0n) is 15.8. The first-order valence-corrected chi connectivity index (χ1v) is 10.0. The summed E-state index contributed by atoms with van der Waals surface area (Å²) in [6.45, 7) is 2.04. The molecule has 0 aliphatic carbocycles. The Hall–Kier alpha value is -2.90. The lowest BCUT2D eigenvalue weighted by molar-refractivity contribution is 0.0600. The van der Waals surface area contributed by atoms with Crippen LogP contribution in [-0.4, -0.2) is 29.0 Å². The van der Waals surface area contributed by atoms with Crippen LogP contribution in [-0.2, 0) is 10.5 Å². The standard InChI is InChI=1S/C21H18ClN3O3S/c1-13-5-3-4-6-15(13)12-29-21-23-11-17(22)18(25-21)19(26)24-16-9-7-14(8-10-16)20(27)28-2/h3-11H,12H2,1-2H3,(H,24,26). The summed E-state index contributed by atoms with van der Waals surface area (Å²) in [6, 6.07) is 14.4. The molecule has 0 radical (unpaired) electrons. The average molecular weight is 428 g/mol. The van der Waals surface area contributed by atoms with Gasteiger partial charge < -0.3 is 10.1 Å². The topological polar surface area (TPSA) is 81.2 Å². The second-order valence-corrected chi connectivity index (χ2v) is 7.44. The number of methoxy groups -OCH3 is 1. The molecule has 1 amide bonds. The van der Waals surface area contributed by atoms with Crippen LogP contribution in [0.4, 0.5) is 5.69 Å². The maximum Gasteiger partial charge on any atom is 0.337 e. The molecule has 3 aromatic rings. The normalized spacial score (nSPS) is 10.4. The highest BCUT2D eigenvalue weighted by Crippen LogP contribution is 2.24. The molecule has 0 aliphatic rings. The molecule has 148 valence electrons. The Morgan fingerprint density at radius 1 is 1.14 bits per heavy atom. The van der Waals surface area contributed by atoms with Crippen molar-refractivity contribution >= 4 is 40.9 Å². The summed E-state index contributed by atoms with van der Waals surface area (Å²) >= 11 is 7.56. The summed E-state index contributed by atoms with van der Waals surface area (Å²) in [5.41, 5.74) is 3.34. The van der Waals surface area contributed by atoms with Crippen LogP contribution in [0.15, 0.2) is 59.9 Å². The van der Waals surface area contributed by atoms with Crippen molar-refractivity contribution in [2.75, 3.05) is 12.4 Å². The van der Waals surface area contributed by atoms with Crippen molar-refractivity contribution in [3.05, 3.63) is 82.1 Å². The highest BCUT2D eigenvalue weighted by Gasteiger charge is 2.15. The van der Waals surface area contributed by atoms with E-state index in [2.05, 4.69) is 20.0 Å². The molecule has 1 N–H and O–H groups in total. The lowest BCUT2D eigenvalue weighted by atomic mass is 10.1. The SMILES string of the molecule is COC(=O)c1ccc(NC(=O)c2nc(SCc3ccccc3C)ncc2Cl)cc1. The molecular weight excluding hydrogens is 410 g/mol. The van der Waals surface area contributed by atoms with Crippen molar-refractivity contribution in [2.45, 2.75) is 17.8 Å². The van der Waals surface area contributed by atoms with Crippen molar-refractivity contribution in [1.29, 1.82) is 0 Å². The van der Waals surface area contributed by atoms with Gasteiger partial charge in [-0.2, -0.15) is 0 Å². The van der Waals surface area contributed by atoms with Gasteiger partial charge in [-0.1, -0.05) is 47.6 Å². The van der Waals surface area contributed by atoms with Crippen LogP contribution in [0.5, 0.6) is 0 Å². The number of esters is 1. The Bertz CT molecular complexity index is 1040. The van der Waals surface area contributed by atoms with Crippen LogP contribution in [0, 0.1) is 6.92 Å². The first kappa shape index (κ1) is 20.8. The Morgan fingerprint density at radius 2 is 1.86 bits per heavy atom. The molecule has 0 saturated heterocycles. The molecular formula is C21H18ClN3O3S. The molecule has 0 bridgehead atoms. The van der Waals surface area contributed by atoms with E-state index in [1.54, 1.807) is 24.3 Å². The van der Waals surface area contributed by atoms with Gasteiger partial charge in [-0.15, -0.1) is 0 Å². The fourth-order valence-electron chi connectivity index (χ4n) is 2.49. The summed E-state index contributed by atoms with van der Waals surface area (Å²) < 4.78 is 4.65. The molecule has 0 fully saturated rings. The lowest BCUT2D eigenvalue weighted by Gasteiger charge is -2.09. The monoisotopic (exact) mass is 427 g/mol. The number of anilines is 1. The van der Waals surface area contributed by atoms with Crippen molar-refractivity contribution in [3.63, 3.8) is 0 Å². The largest absolute Gasteiger partial charge is 0.465 e. The summed E-state index contributed by atoms with van der Waals surface area (Å²) in [4.78, 5) is 32.6. The smallest absolute Gasteiger partial charge is 0.337 e. The van der Waals surface area contributed by atoms with E-state index in [4.69, 9.17) is 11.6 Å². The molecule has 2 aromatic carbocycles. The highest BCUT2D eigenvalue weighted by molar-refractivity contribution is 7.98. The average Bonchev–Trinajstić information content (AvgIpc) is 2.74.